The lowest BCUT2D eigenvalue weighted by Crippen LogP contribution is -2.34. The van der Waals surface area contributed by atoms with E-state index in [0.717, 1.165) is 0 Å². The van der Waals surface area contributed by atoms with Crippen molar-refractivity contribution < 1.29 is 9.53 Å². The maximum atomic E-state index is 11.5. The molecule has 1 atom stereocenters. The van der Waals surface area contributed by atoms with Crippen molar-refractivity contribution in [3.63, 3.8) is 0 Å². The topological polar surface area (TPSA) is 77.2 Å². The minimum absolute atomic E-state index is 0.201. The van der Waals surface area contributed by atoms with Crippen molar-refractivity contribution in [2.45, 2.75) is 26.3 Å². The molecular formula is C11H17N3O2. The average molecular weight is 223 g/mol. The fourth-order valence-electron chi connectivity index (χ4n) is 1.11. The van der Waals surface area contributed by atoms with Crippen LogP contribution in [0.15, 0.2) is 18.3 Å². The van der Waals surface area contributed by atoms with Crippen molar-refractivity contribution in [1.82, 2.24) is 4.98 Å². The zero-order valence-electron chi connectivity index (χ0n) is 9.56. The molecule has 1 heterocycles. The molecule has 0 radical (unpaired) electrons. The fraction of sp³-hybridized carbons (Fsp3) is 0.455. The van der Waals surface area contributed by atoms with E-state index in [-0.39, 0.29) is 5.91 Å². The molecular weight excluding hydrogens is 206 g/mol. The minimum atomic E-state index is -0.480. The molecule has 16 heavy (non-hydrogen) atoms. The van der Waals surface area contributed by atoms with Crippen LogP contribution in [-0.4, -0.2) is 23.5 Å². The summed E-state index contributed by atoms with van der Waals surface area (Å²) in [5.41, 5.74) is 6.21. The van der Waals surface area contributed by atoms with Gasteiger partial charge in [0.25, 0.3) is 0 Å². The van der Waals surface area contributed by atoms with Gasteiger partial charge in [0.1, 0.15) is 0 Å². The van der Waals surface area contributed by atoms with Crippen molar-refractivity contribution in [3.8, 4) is 5.88 Å². The standard InChI is InChI=1S/C11H17N3O2/c1-3-9(12)11(15)14-8-5-6-10(13-7-8)16-4-2/h5-7,9H,3-4,12H2,1-2H3,(H,14,15)/t9-/m1/s1. The number of aromatic nitrogens is 1. The van der Waals surface area contributed by atoms with Gasteiger partial charge in [-0.25, -0.2) is 4.98 Å². The summed E-state index contributed by atoms with van der Waals surface area (Å²) in [6, 6.07) is 2.96. The number of hydrogen-bond donors (Lipinski definition) is 2. The first-order chi connectivity index (χ1) is 7.67. The molecule has 1 amide bonds. The van der Waals surface area contributed by atoms with Crippen LogP contribution in [0, 0.1) is 0 Å². The lowest BCUT2D eigenvalue weighted by atomic mass is 10.2. The van der Waals surface area contributed by atoms with Crippen LogP contribution in [0.5, 0.6) is 5.88 Å². The van der Waals surface area contributed by atoms with Gasteiger partial charge < -0.3 is 15.8 Å². The van der Waals surface area contributed by atoms with E-state index >= 15 is 0 Å². The first-order valence-electron chi connectivity index (χ1n) is 5.32. The number of carbonyl (C=O) groups excluding carboxylic acids is 1. The number of ether oxygens (including phenoxy) is 1. The van der Waals surface area contributed by atoms with E-state index in [4.69, 9.17) is 10.5 Å². The highest BCUT2D eigenvalue weighted by Gasteiger charge is 2.10. The van der Waals surface area contributed by atoms with Gasteiger partial charge in [0, 0.05) is 6.07 Å². The molecule has 0 aliphatic rings. The average Bonchev–Trinajstić information content (AvgIpc) is 2.31. The zero-order chi connectivity index (χ0) is 12.0. The Hall–Kier alpha value is -1.62. The molecule has 1 rings (SSSR count). The third-order valence-electron chi connectivity index (χ3n) is 2.07. The number of nitrogens with one attached hydrogen (secondary N) is 1. The zero-order valence-corrected chi connectivity index (χ0v) is 9.56. The number of anilines is 1. The van der Waals surface area contributed by atoms with Crippen molar-refractivity contribution in [3.05, 3.63) is 18.3 Å². The van der Waals surface area contributed by atoms with E-state index < -0.39 is 6.04 Å². The summed E-state index contributed by atoms with van der Waals surface area (Å²) in [5, 5.41) is 2.68. The van der Waals surface area contributed by atoms with Crippen LogP contribution in [0.1, 0.15) is 20.3 Å². The molecule has 0 unspecified atom stereocenters. The molecule has 3 N–H and O–H groups in total. The highest BCUT2D eigenvalue weighted by molar-refractivity contribution is 5.94. The Labute approximate surface area is 95.0 Å². The summed E-state index contributed by atoms with van der Waals surface area (Å²) in [4.78, 5) is 15.5. The highest BCUT2D eigenvalue weighted by Crippen LogP contribution is 2.11. The van der Waals surface area contributed by atoms with E-state index in [1.807, 2.05) is 13.8 Å². The summed E-state index contributed by atoms with van der Waals surface area (Å²) in [5.74, 6) is 0.341. The molecule has 5 nitrogen and oxygen atoms in total. The van der Waals surface area contributed by atoms with Gasteiger partial charge >= 0.3 is 0 Å². The molecule has 0 aliphatic carbocycles. The van der Waals surface area contributed by atoms with Crippen LogP contribution < -0.4 is 15.8 Å². The van der Waals surface area contributed by atoms with Gasteiger partial charge in [0.2, 0.25) is 11.8 Å². The van der Waals surface area contributed by atoms with Crippen molar-refractivity contribution in [2.75, 3.05) is 11.9 Å². The van der Waals surface area contributed by atoms with E-state index in [1.54, 1.807) is 18.3 Å². The van der Waals surface area contributed by atoms with Crippen molar-refractivity contribution >= 4 is 11.6 Å². The predicted molar refractivity (Wildman–Crippen MR) is 62.3 cm³/mol. The first kappa shape index (κ1) is 12.4. The van der Waals surface area contributed by atoms with Gasteiger partial charge in [0.05, 0.1) is 24.5 Å². The van der Waals surface area contributed by atoms with Crippen LogP contribution in [0.4, 0.5) is 5.69 Å². The van der Waals surface area contributed by atoms with E-state index in [0.29, 0.717) is 24.6 Å². The van der Waals surface area contributed by atoms with Crippen LogP contribution >= 0.6 is 0 Å². The summed E-state index contributed by atoms with van der Waals surface area (Å²) in [7, 11) is 0. The van der Waals surface area contributed by atoms with E-state index in [9.17, 15) is 4.79 Å². The van der Waals surface area contributed by atoms with Gasteiger partial charge in [-0.2, -0.15) is 0 Å². The lowest BCUT2D eigenvalue weighted by Gasteiger charge is -2.10. The molecule has 1 aromatic heterocycles. The van der Waals surface area contributed by atoms with Crippen LogP contribution in [0.3, 0.4) is 0 Å². The molecule has 0 saturated carbocycles. The number of amides is 1. The van der Waals surface area contributed by atoms with Crippen molar-refractivity contribution in [2.24, 2.45) is 5.73 Å². The Balaban J connectivity index is 2.58. The van der Waals surface area contributed by atoms with Gasteiger partial charge in [-0.1, -0.05) is 6.92 Å². The molecule has 5 heteroatoms. The number of carbonyl (C=O) groups is 1. The molecule has 0 fully saturated rings. The normalized spacial score (nSPS) is 11.9. The summed E-state index contributed by atoms with van der Waals surface area (Å²) in [6.07, 6.45) is 2.15. The smallest absolute Gasteiger partial charge is 0.241 e. The number of nitrogens with two attached hydrogens (primary N) is 1. The number of nitrogens with zero attached hydrogens (tertiary/aromatic N) is 1. The monoisotopic (exact) mass is 223 g/mol. The van der Waals surface area contributed by atoms with Gasteiger partial charge in [-0.15, -0.1) is 0 Å². The molecule has 1 aromatic rings. The second-order valence-electron chi connectivity index (χ2n) is 3.32. The maximum Gasteiger partial charge on any atom is 0.241 e. The fourth-order valence-corrected chi connectivity index (χ4v) is 1.11. The van der Waals surface area contributed by atoms with E-state index in [1.165, 1.54) is 0 Å². The molecule has 0 aliphatic heterocycles. The third kappa shape index (κ3) is 3.51. The predicted octanol–water partition coefficient (Wildman–Crippen LogP) is 1.16. The van der Waals surface area contributed by atoms with Gasteiger partial charge in [-0.3, -0.25) is 4.79 Å². The number of pyridine rings is 1. The molecule has 0 aromatic carbocycles. The van der Waals surface area contributed by atoms with Crippen LogP contribution in [0.25, 0.3) is 0 Å². The number of hydrogen-bond acceptors (Lipinski definition) is 4. The van der Waals surface area contributed by atoms with Gasteiger partial charge in [0.15, 0.2) is 0 Å². The second kappa shape index (κ2) is 6.07. The molecule has 88 valence electrons. The summed E-state index contributed by atoms with van der Waals surface area (Å²) in [6.45, 7) is 4.32. The molecule has 0 bridgehead atoms. The first-order valence-corrected chi connectivity index (χ1v) is 5.32. The van der Waals surface area contributed by atoms with E-state index in [2.05, 4.69) is 10.3 Å². The highest BCUT2D eigenvalue weighted by atomic mass is 16.5. The Morgan fingerprint density at radius 1 is 1.56 bits per heavy atom. The maximum absolute atomic E-state index is 11.5. The third-order valence-corrected chi connectivity index (χ3v) is 2.07. The quantitative estimate of drug-likeness (QED) is 0.785. The second-order valence-corrected chi connectivity index (χ2v) is 3.32. The Morgan fingerprint density at radius 2 is 2.31 bits per heavy atom. The van der Waals surface area contributed by atoms with Gasteiger partial charge in [-0.05, 0) is 19.4 Å². The van der Waals surface area contributed by atoms with Crippen LogP contribution in [-0.2, 0) is 4.79 Å². The SMILES string of the molecule is CCOc1ccc(NC(=O)[C@H](N)CC)cn1. The van der Waals surface area contributed by atoms with Crippen LogP contribution in [0.2, 0.25) is 0 Å². The largest absolute Gasteiger partial charge is 0.478 e. The molecule has 0 saturated heterocycles. The lowest BCUT2D eigenvalue weighted by molar-refractivity contribution is -0.117. The summed E-state index contributed by atoms with van der Waals surface area (Å²) >= 11 is 0. The Bertz CT molecular complexity index is 338. The summed E-state index contributed by atoms with van der Waals surface area (Å²) < 4.78 is 5.19. The Morgan fingerprint density at radius 3 is 2.81 bits per heavy atom. The minimum Gasteiger partial charge on any atom is -0.478 e. The number of rotatable bonds is 5. The molecule has 0 spiro atoms. The van der Waals surface area contributed by atoms with Crippen molar-refractivity contribution in [1.29, 1.82) is 0 Å². The Kier molecular flexibility index (Phi) is 4.72.